The number of nitrogens with zero attached hydrogens (tertiary/aromatic N) is 2. The molecule has 0 radical (unpaired) electrons. The van der Waals surface area contributed by atoms with E-state index < -0.39 is 0 Å². The van der Waals surface area contributed by atoms with Gasteiger partial charge in [-0.1, -0.05) is 6.92 Å². The molecule has 0 saturated heterocycles. The molecular formula is C20H31N3O. The van der Waals surface area contributed by atoms with E-state index in [4.69, 9.17) is 5.10 Å². The molecule has 0 aromatic carbocycles. The lowest BCUT2D eigenvalue weighted by Gasteiger charge is -2.35. The van der Waals surface area contributed by atoms with Crippen LogP contribution in [0.25, 0.3) is 0 Å². The van der Waals surface area contributed by atoms with Crippen LogP contribution in [0.1, 0.15) is 82.0 Å². The molecule has 2 fully saturated rings. The second-order valence-corrected chi connectivity index (χ2v) is 8.38. The maximum atomic E-state index is 12.4. The van der Waals surface area contributed by atoms with Gasteiger partial charge >= 0.3 is 0 Å². The average molecular weight is 329 g/mol. The Morgan fingerprint density at radius 3 is 2.38 bits per heavy atom. The van der Waals surface area contributed by atoms with Gasteiger partial charge < -0.3 is 5.32 Å². The van der Waals surface area contributed by atoms with Crippen molar-refractivity contribution in [3.8, 4) is 0 Å². The van der Waals surface area contributed by atoms with Gasteiger partial charge in [-0.05, 0) is 82.1 Å². The molecule has 1 aromatic rings. The topological polar surface area (TPSA) is 46.9 Å². The van der Waals surface area contributed by atoms with Gasteiger partial charge in [0.05, 0.1) is 11.7 Å². The molecule has 1 aromatic heterocycles. The summed E-state index contributed by atoms with van der Waals surface area (Å²) in [5, 5.41) is 8.61. The van der Waals surface area contributed by atoms with Gasteiger partial charge in [0.1, 0.15) is 0 Å². The number of hydrogen-bond acceptors (Lipinski definition) is 3. The van der Waals surface area contributed by atoms with E-state index >= 15 is 0 Å². The standard InChI is InChI=1S/C20H31N3O/c1-14-5-7-16(8-6-14)21-17-9-11-18(12-10-17)23-20(24)13-15-3-2-4-19(15)22-23/h13-14,16-18,21H,2-12H2,1H3. The highest BCUT2D eigenvalue weighted by atomic mass is 16.1. The molecule has 0 bridgehead atoms. The van der Waals surface area contributed by atoms with E-state index in [0.717, 1.165) is 44.1 Å². The third kappa shape index (κ3) is 3.44. The number of rotatable bonds is 3. The Morgan fingerprint density at radius 1 is 1.00 bits per heavy atom. The van der Waals surface area contributed by atoms with Crippen LogP contribution in [0.3, 0.4) is 0 Å². The second-order valence-electron chi connectivity index (χ2n) is 8.38. The van der Waals surface area contributed by atoms with Crippen molar-refractivity contribution in [2.24, 2.45) is 5.92 Å². The van der Waals surface area contributed by atoms with Crippen LogP contribution >= 0.6 is 0 Å². The summed E-state index contributed by atoms with van der Waals surface area (Å²) in [6.45, 7) is 2.38. The summed E-state index contributed by atoms with van der Waals surface area (Å²) in [6.07, 6.45) is 13.2. The summed E-state index contributed by atoms with van der Waals surface area (Å²) in [5.41, 5.74) is 2.48. The zero-order chi connectivity index (χ0) is 16.5. The summed E-state index contributed by atoms with van der Waals surface area (Å²) >= 11 is 0. The lowest BCUT2D eigenvalue weighted by Crippen LogP contribution is -2.43. The molecule has 4 heteroatoms. The summed E-state index contributed by atoms with van der Waals surface area (Å²) in [6, 6.07) is 3.53. The molecule has 0 unspecified atom stereocenters. The summed E-state index contributed by atoms with van der Waals surface area (Å²) in [7, 11) is 0. The second kappa shape index (κ2) is 6.99. The lowest BCUT2D eigenvalue weighted by molar-refractivity contribution is 0.226. The van der Waals surface area contributed by atoms with Gasteiger partial charge in [0.2, 0.25) is 0 Å². The van der Waals surface area contributed by atoms with E-state index in [9.17, 15) is 4.79 Å². The van der Waals surface area contributed by atoms with Gasteiger partial charge in [-0.3, -0.25) is 4.79 Å². The first-order valence-corrected chi connectivity index (χ1v) is 10.1. The molecule has 1 heterocycles. The fourth-order valence-electron chi connectivity index (χ4n) is 4.92. The molecule has 0 amide bonds. The Hall–Kier alpha value is -1.16. The third-order valence-electron chi connectivity index (χ3n) is 6.51. The Labute approximate surface area is 145 Å². The van der Waals surface area contributed by atoms with E-state index in [1.807, 2.05) is 10.7 Å². The molecule has 0 aliphatic heterocycles. The normalized spacial score (nSPS) is 33.4. The van der Waals surface area contributed by atoms with Gasteiger partial charge in [-0.2, -0.15) is 5.10 Å². The average Bonchev–Trinajstić information content (AvgIpc) is 3.04. The quantitative estimate of drug-likeness (QED) is 0.925. The first-order chi connectivity index (χ1) is 11.7. The van der Waals surface area contributed by atoms with E-state index in [0.29, 0.717) is 12.1 Å². The predicted octanol–water partition coefficient (Wildman–Crippen LogP) is 3.38. The number of fused-ring (bicyclic) bond motifs is 1. The Balaban J connectivity index is 1.34. The van der Waals surface area contributed by atoms with Gasteiger partial charge in [0.25, 0.3) is 5.56 Å². The summed E-state index contributed by atoms with van der Waals surface area (Å²) in [5.74, 6) is 0.913. The molecule has 4 nitrogen and oxygen atoms in total. The highest BCUT2D eigenvalue weighted by molar-refractivity contribution is 5.22. The Morgan fingerprint density at radius 2 is 1.67 bits per heavy atom. The minimum Gasteiger partial charge on any atom is -0.311 e. The van der Waals surface area contributed by atoms with Crippen LogP contribution in [0.5, 0.6) is 0 Å². The maximum Gasteiger partial charge on any atom is 0.267 e. The van der Waals surface area contributed by atoms with E-state index in [2.05, 4.69) is 12.2 Å². The maximum absolute atomic E-state index is 12.4. The molecule has 3 aliphatic carbocycles. The molecule has 4 rings (SSSR count). The minimum atomic E-state index is 0.119. The largest absolute Gasteiger partial charge is 0.311 e. The van der Waals surface area contributed by atoms with Crippen molar-refractivity contribution < 1.29 is 0 Å². The first-order valence-electron chi connectivity index (χ1n) is 10.1. The molecule has 0 spiro atoms. The molecule has 3 aliphatic rings. The summed E-state index contributed by atoms with van der Waals surface area (Å²) in [4.78, 5) is 12.4. The predicted molar refractivity (Wildman–Crippen MR) is 96.4 cm³/mol. The number of hydrogen-bond donors (Lipinski definition) is 1. The fraction of sp³-hybridized carbons (Fsp3) is 0.800. The number of aromatic nitrogens is 2. The van der Waals surface area contributed by atoms with Crippen molar-refractivity contribution in [2.45, 2.75) is 95.7 Å². The van der Waals surface area contributed by atoms with Crippen molar-refractivity contribution in [3.05, 3.63) is 27.7 Å². The van der Waals surface area contributed by atoms with Crippen LogP contribution in [-0.4, -0.2) is 21.9 Å². The highest BCUT2D eigenvalue weighted by Crippen LogP contribution is 2.30. The van der Waals surface area contributed by atoms with E-state index in [-0.39, 0.29) is 5.56 Å². The van der Waals surface area contributed by atoms with Gasteiger partial charge in [0, 0.05) is 18.2 Å². The van der Waals surface area contributed by atoms with Crippen molar-refractivity contribution >= 4 is 0 Å². The van der Waals surface area contributed by atoms with Gasteiger partial charge in [-0.15, -0.1) is 0 Å². The van der Waals surface area contributed by atoms with Gasteiger partial charge in [0.15, 0.2) is 0 Å². The van der Waals surface area contributed by atoms with Crippen molar-refractivity contribution in [2.75, 3.05) is 0 Å². The SMILES string of the molecule is CC1CCC(NC2CCC(n3nc4c(cc3=O)CCC4)CC2)CC1. The van der Waals surface area contributed by atoms with Crippen molar-refractivity contribution in [1.29, 1.82) is 0 Å². The molecular weight excluding hydrogens is 298 g/mol. The molecule has 24 heavy (non-hydrogen) atoms. The first kappa shape index (κ1) is 16.3. The third-order valence-corrected chi connectivity index (χ3v) is 6.51. The van der Waals surface area contributed by atoms with Gasteiger partial charge in [-0.25, -0.2) is 4.68 Å². The van der Waals surface area contributed by atoms with Crippen LogP contribution in [0.15, 0.2) is 10.9 Å². The number of nitrogens with one attached hydrogen (secondary N) is 1. The summed E-state index contributed by atoms with van der Waals surface area (Å²) < 4.78 is 1.81. The monoisotopic (exact) mass is 329 g/mol. The van der Waals surface area contributed by atoms with E-state index in [1.54, 1.807) is 0 Å². The zero-order valence-electron chi connectivity index (χ0n) is 15.0. The lowest BCUT2D eigenvalue weighted by atomic mass is 9.85. The van der Waals surface area contributed by atoms with Crippen molar-refractivity contribution in [1.82, 2.24) is 15.1 Å². The van der Waals surface area contributed by atoms with Crippen molar-refractivity contribution in [3.63, 3.8) is 0 Å². The van der Waals surface area contributed by atoms with Crippen LogP contribution in [-0.2, 0) is 12.8 Å². The van der Waals surface area contributed by atoms with Crippen LogP contribution in [0, 0.1) is 5.92 Å². The smallest absolute Gasteiger partial charge is 0.267 e. The van der Waals surface area contributed by atoms with Crippen LogP contribution in [0.4, 0.5) is 0 Å². The molecule has 2 saturated carbocycles. The van der Waals surface area contributed by atoms with Crippen LogP contribution in [0.2, 0.25) is 0 Å². The Bertz CT molecular complexity index is 622. The highest BCUT2D eigenvalue weighted by Gasteiger charge is 2.27. The number of aryl methyl sites for hydroxylation is 2. The molecule has 0 atom stereocenters. The zero-order valence-corrected chi connectivity index (χ0v) is 15.0. The van der Waals surface area contributed by atoms with Crippen LogP contribution < -0.4 is 10.9 Å². The molecule has 132 valence electrons. The Kier molecular flexibility index (Phi) is 4.75. The fourth-order valence-corrected chi connectivity index (χ4v) is 4.92. The minimum absolute atomic E-state index is 0.119. The molecule has 1 N–H and O–H groups in total. The van der Waals surface area contributed by atoms with E-state index in [1.165, 1.54) is 49.8 Å².